The molecule has 0 bridgehead atoms. The lowest BCUT2D eigenvalue weighted by Gasteiger charge is -2.13. The van der Waals surface area contributed by atoms with E-state index < -0.39 is 6.10 Å². The molecule has 1 atom stereocenters. The Morgan fingerprint density at radius 1 is 1.21 bits per heavy atom. The van der Waals surface area contributed by atoms with Gasteiger partial charge in [-0.15, -0.1) is 0 Å². The smallest absolute Gasteiger partial charge is 0.121 e. The fraction of sp³-hybridized carbons (Fsp3) is 0.200. The minimum atomic E-state index is -0.672. The Kier molecular flexibility index (Phi) is 3.01. The van der Waals surface area contributed by atoms with E-state index in [0.717, 1.165) is 28.7 Å². The minimum absolute atomic E-state index is 0.672. The molecule has 2 heterocycles. The van der Waals surface area contributed by atoms with Gasteiger partial charge in [0.2, 0.25) is 0 Å². The largest absolute Gasteiger partial charge is 0.382 e. The van der Waals surface area contributed by atoms with Crippen molar-refractivity contribution in [2.24, 2.45) is 0 Å². The van der Waals surface area contributed by atoms with Gasteiger partial charge in [0.1, 0.15) is 6.10 Å². The number of aryl methyl sites for hydroxylation is 1. The van der Waals surface area contributed by atoms with Crippen LogP contribution in [0.3, 0.4) is 0 Å². The highest BCUT2D eigenvalue weighted by Gasteiger charge is 2.15. The van der Waals surface area contributed by atoms with Crippen LogP contribution in [0.15, 0.2) is 48.8 Å². The predicted molar refractivity (Wildman–Crippen MR) is 73.7 cm³/mol. The van der Waals surface area contributed by atoms with Crippen molar-refractivity contribution in [3.63, 3.8) is 0 Å². The Hall–Kier alpha value is -2.20. The maximum atomic E-state index is 10.5. The molecule has 2 aromatic heterocycles. The van der Waals surface area contributed by atoms with Gasteiger partial charge >= 0.3 is 0 Å². The number of nitrogens with zero attached hydrogens (tertiary/aromatic N) is 3. The average Bonchev–Trinajstić information content (AvgIpc) is 2.94. The van der Waals surface area contributed by atoms with Crippen molar-refractivity contribution in [3.05, 3.63) is 60.0 Å². The van der Waals surface area contributed by atoms with Crippen LogP contribution < -0.4 is 0 Å². The fourth-order valence-electron chi connectivity index (χ4n) is 2.26. The van der Waals surface area contributed by atoms with Crippen molar-refractivity contribution in [1.82, 2.24) is 14.8 Å². The summed E-state index contributed by atoms with van der Waals surface area (Å²) in [7, 11) is 0. The molecule has 96 valence electrons. The summed E-state index contributed by atoms with van der Waals surface area (Å²) < 4.78 is 1.80. The highest BCUT2D eigenvalue weighted by Crippen LogP contribution is 2.24. The van der Waals surface area contributed by atoms with Gasteiger partial charge in [0.05, 0.1) is 11.2 Å². The van der Waals surface area contributed by atoms with Crippen LogP contribution in [0.25, 0.3) is 10.9 Å². The van der Waals surface area contributed by atoms with Crippen molar-refractivity contribution >= 4 is 10.9 Å². The molecule has 0 aliphatic heterocycles. The Balaban J connectivity index is 2.04. The lowest BCUT2D eigenvalue weighted by atomic mass is 10.0. The Morgan fingerprint density at radius 3 is 2.95 bits per heavy atom. The third-order valence-electron chi connectivity index (χ3n) is 3.27. The third kappa shape index (κ3) is 2.11. The van der Waals surface area contributed by atoms with Gasteiger partial charge < -0.3 is 5.11 Å². The van der Waals surface area contributed by atoms with E-state index in [-0.39, 0.29) is 0 Å². The first kappa shape index (κ1) is 11.9. The average molecular weight is 253 g/mol. The molecule has 19 heavy (non-hydrogen) atoms. The molecule has 0 amide bonds. The number of pyridine rings is 1. The molecule has 4 heteroatoms. The van der Waals surface area contributed by atoms with Crippen molar-refractivity contribution in [2.75, 3.05) is 0 Å². The lowest BCUT2D eigenvalue weighted by molar-refractivity contribution is 0.208. The molecule has 0 aliphatic rings. The standard InChI is InChI=1S/C15H15N3O/c1-2-18-14(7-9-17-18)15(19)12-6-5-11-4-3-8-16-13(11)10-12/h3-10,15,19H,2H2,1H3. The van der Waals surface area contributed by atoms with E-state index in [9.17, 15) is 5.11 Å². The molecule has 1 aromatic carbocycles. The molecule has 1 N–H and O–H groups in total. The molecule has 0 radical (unpaired) electrons. The summed E-state index contributed by atoms with van der Waals surface area (Å²) in [6, 6.07) is 11.6. The highest BCUT2D eigenvalue weighted by molar-refractivity contribution is 5.79. The van der Waals surface area contributed by atoms with Crippen LogP contribution in [-0.2, 0) is 6.54 Å². The summed E-state index contributed by atoms with van der Waals surface area (Å²) in [4.78, 5) is 4.31. The monoisotopic (exact) mass is 253 g/mol. The van der Waals surface area contributed by atoms with E-state index in [4.69, 9.17) is 0 Å². The normalized spacial score (nSPS) is 12.7. The molecule has 1 unspecified atom stereocenters. The maximum absolute atomic E-state index is 10.5. The second kappa shape index (κ2) is 4.82. The van der Waals surface area contributed by atoms with Crippen LogP contribution in [0.2, 0.25) is 0 Å². The van der Waals surface area contributed by atoms with Crippen molar-refractivity contribution in [3.8, 4) is 0 Å². The third-order valence-corrected chi connectivity index (χ3v) is 3.27. The molecule has 4 nitrogen and oxygen atoms in total. The maximum Gasteiger partial charge on any atom is 0.121 e. The first-order valence-corrected chi connectivity index (χ1v) is 6.34. The van der Waals surface area contributed by atoms with Crippen LogP contribution >= 0.6 is 0 Å². The summed E-state index contributed by atoms with van der Waals surface area (Å²) in [5.41, 5.74) is 2.53. The van der Waals surface area contributed by atoms with E-state index in [0.29, 0.717) is 0 Å². The van der Waals surface area contributed by atoms with Crippen molar-refractivity contribution in [1.29, 1.82) is 0 Å². The van der Waals surface area contributed by atoms with Gasteiger partial charge in [-0.1, -0.05) is 18.2 Å². The zero-order valence-corrected chi connectivity index (χ0v) is 10.7. The molecular weight excluding hydrogens is 238 g/mol. The van der Waals surface area contributed by atoms with E-state index in [1.165, 1.54) is 0 Å². The molecule has 0 aliphatic carbocycles. The second-order valence-electron chi connectivity index (χ2n) is 4.43. The quantitative estimate of drug-likeness (QED) is 0.780. The summed E-state index contributed by atoms with van der Waals surface area (Å²) >= 11 is 0. The summed E-state index contributed by atoms with van der Waals surface area (Å²) in [6.45, 7) is 2.75. The molecule has 0 spiro atoms. The fourth-order valence-corrected chi connectivity index (χ4v) is 2.26. The Morgan fingerprint density at radius 2 is 2.11 bits per heavy atom. The topological polar surface area (TPSA) is 50.9 Å². The Bertz CT molecular complexity index is 705. The first-order valence-electron chi connectivity index (χ1n) is 6.34. The number of aliphatic hydroxyl groups excluding tert-OH is 1. The number of rotatable bonds is 3. The van der Waals surface area contributed by atoms with Crippen molar-refractivity contribution < 1.29 is 5.11 Å². The predicted octanol–water partition coefficient (Wildman–Crippen LogP) is 2.53. The molecule has 3 rings (SSSR count). The molecule has 0 saturated carbocycles. The Labute approximate surface area is 111 Å². The second-order valence-corrected chi connectivity index (χ2v) is 4.43. The van der Waals surface area contributed by atoms with Gasteiger partial charge in [-0.3, -0.25) is 9.67 Å². The molecule has 3 aromatic rings. The molecule has 0 saturated heterocycles. The van der Waals surface area contributed by atoms with Gasteiger partial charge in [0.25, 0.3) is 0 Å². The number of hydrogen-bond acceptors (Lipinski definition) is 3. The van der Waals surface area contributed by atoms with E-state index in [2.05, 4.69) is 10.1 Å². The summed E-state index contributed by atoms with van der Waals surface area (Å²) in [6.07, 6.45) is 2.80. The van der Waals surface area contributed by atoms with Crippen LogP contribution in [0.1, 0.15) is 24.3 Å². The first-order chi connectivity index (χ1) is 9.29. The number of aromatic nitrogens is 3. The minimum Gasteiger partial charge on any atom is -0.382 e. The van der Waals surface area contributed by atoms with Crippen LogP contribution in [0.5, 0.6) is 0 Å². The van der Waals surface area contributed by atoms with E-state index in [1.807, 2.05) is 43.3 Å². The van der Waals surface area contributed by atoms with Crippen molar-refractivity contribution in [2.45, 2.75) is 19.6 Å². The zero-order valence-electron chi connectivity index (χ0n) is 10.7. The van der Waals surface area contributed by atoms with Crippen LogP contribution in [0.4, 0.5) is 0 Å². The molecule has 0 fully saturated rings. The summed E-state index contributed by atoms with van der Waals surface area (Å²) in [5, 5.41) is 15.7. The molecular formula is C15H15N3O. The number of hydrogen-bond donors (Lipinski definition) is 1. The van der Waals surface area contributed by atoms with E-state index >= 15 is 0 Å². The van der Waals surface area contributed by atoms with Gasteiger partial charge in [-0.25, -0.2) is 0 Å². The van der Waals surface area contributed by atoms with Gasteiger partial charge in [0.15, 0.2) is 0 Å². The zero-order chi connectivity index (χ0) is 13.2. The number of aliphatic hydroxyl groups is 1. The van der Waals surface area contributed by atoms with Crippen LogP contribution in [0, 0.1) is 0 Å². The number of benzene rings is 1. The van der Waals surface area contributed by atoms with Gasteiger partial charge in [-0.05, 0) is 30.7 Å². The lowest BCUT2D eigenvalue weighted by Crippen LogP contribution is -2.09. The summed E-state index contributed by atoms with van der Waals surface area (Å²) in [5.74, 6) is 0. The highest BCUT2D eigenvalue weighted by atomic mass is 16.3. The van der Waals surface area contributed by atoms with Crippen LogP contribution in [-0.4, -0.2) is 19.9 Å². The van der Waals surface area contributed by atoms with Gasteiger partial charge in [-0.2, -0.15) is 5.10 Å². The van der Waals surface area contributed by atoms with E-state index in [1.54, 1.807) is 17.1 Å². The number of fused-ring (bicyclic) bond motifs is 1. The van der Waals surface area contributed by atoms with Gasteiger partial charge in [0, 0.05) is 24.3 Å². The SMILES string of the molecule is CCn1nccc1C(O)c1ccc2cccnc2c1.